The van der Waals surface area contributed by atoms with Gasteiger partial charge in [-0.3, -0.25) is 10.0 Å². The first-order chi connectivity index (χ1) is 15.6. The summed E-state index contributed by atoms with van der Waals surface area (Å²) in [7, 11) is 0. The molecule has 0 saturated carbocycles. The van der Waals surface area contributed by atoms with Gasteiger partial charge in [-0.2, -0.15) is 0 Å². The molecule has 1 saturated heterocycles. The molecule has 2 aromatic rings. The van der Waals surface area contributed by atoms with Gasteiger partial charge in [-0.1, -0.05) is 44.7 Å². The van der Waals surface area contributed by atoms with Gasteiger partial charge in [0.25, 0.3) is 0 Å². The fraction of sp³-hybridized carbons (Fsp3) is 0.500. The van der Waals surface area contributed by atoms with Crippen molar-refractivity contribution in [2.24, 2.45) is 0 Å². The van der Waals surface area contributed by atoms with E-state index in [-0.39, 0.29) is 23.1 Å². The highest BCUT2D eigenvalue weighted by atomic mass is 32.2. The van der Waals surface area contributed by atoms with Crippen LogP contribution in [0.1, 0.15) is 63.2 Å². The van der Waals surface area contributed by atoms with E-state index in [1.807, 2.05) is 36.0 Å². The maximum atomic E-state index is 12.2. The van der Waals surface area contributed by atoms with Gasteiger partial charge >= 0.3 is 6.03 Å². The molecule has 8 heteroatoms. The minimum Gasteiger partial charge on any atom is -0.338 e. The van der Waals surface area contributed by atoms with Crippen molar-refractivity contribution in [3.8, 4) is 10.4 Å². The third kappa shape index (κ3) is 6.73. The molecule has 6 nitrogen and oxygen atoms in total. The fourth-order valence-corrected chi connectivity index (χ4v) is 6.88. The molecular weight excluding hydrogens is 442 g/mol. The topological polar surface area (TPSA) is 90.5 Å². The van der Waals surface area contributed by atoms with Crippen molar-refractivity contribution in [1.82, 2.24) is 10.8 Å². The summed E-state index contributed by atoms with van der Waals surface area (Å²) in [6.45, 7) is 2.85. The monoisotopic (exact) mass is 475 g/mol. The molecule has 2 heterocycles. The Balaban J connectivity index is 1.67. The van der Waals surface area contributed by atoms with Crippen LogP contribution in [0.15, 0.2) is 36.4 Å². The van der Waals surface area contributed by atoms with Crippen LogP contribution in [0.5, 0.6) is 0 Å². The van der Waals surface area contributed by atoms with Crippen molar-refractivity contribution in [3.63, 3.8) is 0 Å². The lowest BCUT2D eigenvalue weighted by atomic mass is 9.94. The number of urea groups is 1. The Bertz CT molecular complexity index is 894. The first-order valence-electron chi connectivity index (χ1n) is 11.4. The molecule has 0 radical (unpaired) electrons. The number of hydrogen-bond donors (Lipinski definition) is 4. The molecule has 0 aliphatic carbocycles. The SMILES string of the molecule is CCCCCCNC(=O)Nc1cccc(-c2ccc([C@@]3(CC(=O)NO)CCCCS3)s2)c1. The van der Waals surface area contributed by atoms with Gasteiger partial charge in [-0.05, 0) is 54.8 Å². The maximum absolute atomic E-state index is 12.2. The Morgan fingerprint density at radius 1 is 1.12 bits per heavy atom. The van der Waals surface area contributed by atoms with Crippen LogP contribution in [0.4, 0.5) is 10.5 Å². The molecule has 4 N–H and O–H groups in total. The van der Waals surface area contributed by atoms with Crippen LogP contribution < -0.4 is 16.1 Å². The summed E-state index contributed by atoms with van der Waals surface area (Å²) in [6, 6.07) is 11.8. The minimum atomic E-state index is -0.346. The summed E-state index contributed by atoms with van der Waals surface area (Å²) >= 11 is 3.50. The van der Waals surface area contributed by atoms with E-state index in [9.17, 15) is 9.59 Å². The van der Waals surface area contributed by atoms with Crippen molar-refractivity contribution in [1.29, 1.82) is 0 Å². The van der Waals surface area contributed by atoms with Gasteiger partial charge in [0, 0.05) is 28.4 Å². The smallest absolute Gasteiger partial charge is 0.319 e. The number of thiophene rings is 1. The van der Waals surface area contributed by atoms with E-state index < -0.39 is 0 Å². The Kier molecular flexibility index (Phi) is 9.44. The van der Waals surface area contributed by atoms with E-state index in [0.29, 0.717) is 6.54 Å². The van der Waals surface area contributed by atoms with Gasteiger partial charge < -0.3 is 10.6 Å². The predicted octanol–water partition coefficient (Wildman–Crippen LogP) is 6.12. The average molecular weight is 476 g/mol. The second-order valence-electron chi connectivity index (χ2n) is 8.20. The largest absolute Gasteiger partial charge is 0.338 e. The van der Waals surface area contributed by atoms with Gasteiger partial charge in [0.15, 0.2) is 0 Å². The molecule has 174 valence electrons. The van der Waals surface area contributed by atoms with E-state index in [4.69, 9.17) is 5.21 Å². The summed E-state index contributed by atoms with van der Waals surface area (Å²) < 4.78 is -0.290. The van der Waals surface area contributed by atoms with Gasteiger partial charge in [-0.25, -0.2) is 10.3 Å². The molecule has 1 aliphatic heterocycles. The third-order valence-electron chi connectivity index (χ3n) is 5.70. The maximum Gasteiger partial charge on any atom is 0.319 e. The van der Waals surface area contributed by atoms with Crippen molar-refractivity contribution >= 4 is 40.7 Å². The molecule has 1 fully saturated rings. The number of carbonyl (C=O) groups excluding carboxylic acids is 2. The predicted molar refractivity (Wildman–Crippen MR) is 133 cm³/mol. The number of carbonyl (C=O) groups is 2. The summed E-state index contributed by atoms with van der Waals surface area (Å²) in [6.07, 6.45) is 7.92. The molecule has 32 heavy (non-hydrogen) atoms. The van der Waals surface area contributed by atoms with Crippen LogP contribution in [0.25, 0.3) is 10.4 Å². The minimum absolute atomic E-state index is 0.182. The summed E-state index contributed by atoms with van der Waals surface area (Å²) in [5.74, 6) is 0.667. The lowest BCUT2D eigenvalue weighted by Gasteiger charge is -2.35. The molecule has 0 unspecified atom stereocenters. The molecular formula is C24H33N3O3S2. The quantitative estimate of drug-likeness (QED) is 0.189. The second-order valence-corrected chi connectivity index (χ2v) is 10.8. The van der Waals surface area contributed by atoms with Gasteiger partial charge in [0.05, 0.1) is 4.75 Å². The Hall–Kier alpha value is -2.03. The Morgan fingerprint density at radius 2 is 2.00 bits per heavy atom. The summed E-state index contributed by atoms with van der Waals surface area (Å²) in [4.78, 5) is 26.4. The number of rotatable bonds is 10. The zero-order valence-electron chi connectivity index (χ0n) is 18.6. The first kappa shape index (κ1) is 24.6. The van der Waals surface area contributed by atoms with E-state index >= 15 is 0 Å². The number of thioether (sulfide) groups is 1. The van der Waals surface area contributed by atoms with Crippen molar-refractivity contribution in [2.75, 3.05) is 17.6 Å². The van der Waals surface area contributed by atoms with Crippen LogP contribution in [-0.4, -0.2) is 29.4 Å². The summed E-state index contributed by atoms with van der Waals surface area (Å²) in [5, 5.41) is 14.9. The van der Waals surface area contributed by atoms with Crippen LogP contribution in [0.3, 0.4) is 0 Å². The van der Waals surface area contributed by atoms with Crippen molar-refractivity contribution in [2.45, 2.75) is 63.0 Å². The molecule has 3 amide bonds. The lowest BCUT2D eigenvalue weighted by Crippen LogP contribution is -2.32. The zero-order valence-corrected chi connectivity index (χ0v) is 20.2. The molecule has 1 atom stereocenters. The number of amides is 3. The van der Waals surface area contributed by atoms with Crippen LogP contribution >= 0.6 is 23.1 Å². The van der Waals surface area contributed by atoms with E-state index in [2.05, 4.69) is 29.7 Å². The average Bonchev–Trinajstić information content (AvgIpc) is 3.31. The van der Waals surface area contributed by atoms with Crippen molar-refractivity contribution in [3.05, 3.63) is 41.3 Å². The number of anilines is 1. The number of nitrogens with one attached hydrogen (secondary N) is 3. The summed E-state index contributed by atoms with van der Waals surface area (Å²) in [5.41, 5.74) is 3.59. The highest BCUT2D eigenvalue weighted by Gasteiger charge is 2.38. The van der Waals surface area contributed by atoms with E-state index in [0.717, 1.165) is 58.9 Å². The van der Waals surface area contributed by atoms with E-state index in [1.165, 1.54) is 12.8 Å². The number of hydrogen-bond acceptors (Lipinski definition) is 5. The van der Waals surface area contributed by atoms with Gasteiger partial charge in [0.1, 0.15) is 0 Å². The molecule has 1 aromatic heterocycles. The number of benzene rings is 1. The highest BCUT2D eigenvalue weighted by molar-refractivity contribution is 8.00. The normalized spacial score (nSPS) is 18.2. The van der Waals surface area contributed by atoms with Gasteiger partial charge in [-0.15, -0.1) is 23.1 Å². The molecule has 1 aliphatic rings. The van der Waals surface area contributed by atoms with E-state index in [1.54, 1.807) is 16.8 Å². The van der Waals surface area contributed by atoms with Crippen LogP contribution in [0, 0.1) is 0 Å². The zero-order chi connectivity index (χ0) is 22.8. The highest BCUT2D eigenvalue weighted by Crippen LogP contribution is 2.50. The molecule has 1 aromatic carbocycles. The molecule has 0 spiro atoms. The standard InChI is InChI=1S/C24H33N3O3S2/c1-2-3-4-6-14-25-23(29)26-19-10-8-9-18(16-19)20-11-12-21(32-20)24(17-22(28)27-30)13-5-7-15-31-24/h8-12,16,30H,2-7,13-15,17H2,1H3,(H,27,28)(H2,25,26,29)/t24-/m0/s1. The van der Waals surface area contributed by atoms with Crippen LogP contribution in [-0.2, 0) is 9.54 Å². The van der Waals surface area contributed by atoms with Gasteiger partial charge in [0.2, 0.25) is 5.91 Å². The first-order valence-corrected chi connectivity index (χ1v) is 13.2. The number of unbranched alkanes of at least 4 members (excludes halogenated alkanes) is 3. The fourth-order valence-electron chi connectivity index (χ4n) is 3.99. The Labute approximate surface area is 198 Å². The second kappa shape index (κ2) is 12.3. The van der Waals surface area contributed by atoms with Crippen molar-refractivity contribution < 1.29 is 14.8 Å². The lowest BCUT2D eigenvalue weighted by molar-refractivity contribution is -0.129. The molecule has 0 bridgehead atoms. The van der Waals surface area contributed by atoms with Crippen LogP contribution in [0.2, 0.25) is 0 Å². The number of hydroxylamine groups is 1. The molecule has 3 rings (SSSR count). The Morgan fingerprint density at radius 3 is 2.75 bits per heavy atom. The third-order valence-corrected chi connectivity index (χ3v) is 8.78.